The van der Waals surface area contributed by atoms with E-state index in [0.29, 0.717) is 5.52 Å². The lowest BCUT2D eigenvalue weighted by Gasteiger charge is -2.08. The van der Waals surface area contributed by atoms with Gasteiger partial charge in [-0.25, -0.2) is 0 Å². The van der Waals surface area contributed by atoms with Crippen LogP contribution in [0.3, 0.4) is 0 Å². The van der Waals surface area contributed by atoms with Crippen molar-refractivity contribution >= 4 is 22.6 Å². The van der Waals surface area contributed by atoms with E-state index in [-0.39, 0.29) is 11.4 Å². The highest BCUT2D eigenvalue weighted by atomic mass is 19.4. The smallest absolute Gasteiger partial charge is 0.307 e. The predicted octanol–water partition coefficient (Wildman–Crippen LogP) is 5.21. The first-order chi connectivity index (χ1) is 14.2. The van der Waals surface area contributed by atoms with E-state index in [1.807, 2.05) is 37.3 Å². The fourth-order valence-corrected chi connectivity index (χ4v) is 3.22. The summed E-state index contributed by atoms with van der Waals surface area (Å²) in [6.45, 7) is 2.02. The maximum Gasteiger partial charge on any atom is 0.435 e. The molecule has 0 spiro atoms. The van der Waals surface area contributed by atoms with Crippen molar-refractivity contribution in [1.82, 2.24) is 14.8 Å². The number of aromatic nitrogens is 3. The van der Waals surface area contributed by atoms with E-state index in [0.717, 1.165) is 32.8 Å². The Morgan fingerprint density at radius 3 is 2.53 bits per heavy atom. The standard InChI is InChI=1S/C22H17F3N4O/c1-13-5-3-4-6-17(13)16-9-14-7-8-15(10-18(14)26-12-16)21(30)27-20-11-19(22(23,24)25)28-29(20)2/h3-12H,1-2H3,(H,27,30). The Labute approximate surface area is 170 Å². The van der Waals surface area contributed by atoms with Gasteiger partial charge in [-0.05, 0) is 36.2 Å². The minimum atomic E-state index is -4.58. The number of alkyl halides is 3. The van der Waals surface area contributed by atoms with E-state index in [1.54, 1.807) is 24.4 Å². The summed E-state index contributed by atoms with van der Waals surface area (Å²) >= 11 is 0. The fraction of sp³-hybridized carbons (Fsp3) is 0.136. The zero-order chi connectivity index (χ0) is 21.5. The summed E-state index contributed by atoms with van der Waals surface area (Å²) in [6, 6.07) is 15.7. The van der Waals surface area contributed by atoms with Crippen LogP contribution in [0, 0.1) is 6.92 Å². The minimum absolute atomic E-state index is 0.0460. The Morgan fingerprint density at radius 1 is 1.07 bits per heavy atom. The Bertz CT molecular complexity index is 1260. The highest BCUT2D eigenvalue weighted by molar-refractivity contribution is 6.05. The van der Waals surface area contributed by atoms with Crippen LogP contribution in [0.1, 0.15) is 21.6 Å². The molecular weight excluding hydrogens is 393 g/mol. The van der Waals surface area contributed by atoms with Crippen LogP contribution in [0.5, 0.6) is 0 Å². The van der Waals surface area contributed by atoms with E-state index >= 15 is 0 Å². The van der Waals surface area contributed by atoms with E-state index < -0.39 is 17.8 Å². The number of halogens is 3. The second-order valence-electron chi connectivity index (χ2n) is 6.94. The number of aryl methyl sites for hydroxylation is 2. The molecule has 2 heterocycles. The van der Waals surface area contributed by atoms with Crippen molar-refractivity contribution in [2.75, 3.05) is 5.32 Å². The molecule has 0 radical (unpaired) electrons. The lowest BCUT2D eigenvalue weighted by Crippen LogP contribution is -2.14. The number of amides is 1. The molecule has 5 nitrogen and oxygen atoms in total. The molecule has 0 aliphatic heterocycles. The van der Waals surface area contributed by atoms with Gasteiger partial charge in [-0.3, -0.25) is 14.5 Å². The summed E-state index contributed by atoms with van der Waals surface area (Å²) in [5.74, 6) is -0.589. The minimum Gasteiger partial charge on any atom is -0.307 e. The van der Waals surface area contributed by atoms with Crippen LogP contribution in [0.2, 0.25) is 0 Å². The van der Waals surface area contributed by atoms with Crippen molar-refractivity contribution in [2.45, 2.75) is 13.1 Å². The summed E-state index contributed by atoms with van der Waals surface area (Å²) in [5, 5.41) is 6.70. The third-order valence-corrected chi connectivity index (χ3v) is 4.81. The average Bonchev–Trinajstić information content (AvgIpc) is 3.08. The van der Waals surface area contributed by atoms with Gasteiger partial charge < -0.3 is 5.32 Å². The molecule has 8 heteroatoms. The molecule has 0 bridgehead atoms. The summed E-state index contributed by atoms with van der Waals surface area (Å²) in [6.07, 6.45) is -2.84. The van der Waals surface area contributed by atoms with Crippen molar-refractivity contribution in [3.63, 3.8) is 0 Å². The van der Waals surface area contributed by atoms with Gasteiger partial charge in [0.25, 0.3) is 5.91 Å². The number of hydrogen-bond acceptors (Lipinski definition) is 3. The summed E-state index contributed by atoms with van der Waals surface area (Å²) in [7, 11) is 1.33. The van der Waals surface area contributed by atoms with Crippen LogP contribution in [0.15, 0.2) is 60.8 Å². The number of rotatable bonds is 3. The van der Waals surface area contributed by atoms with Gasteiger partial charge in [0.15, 0.2) is 5.69 Å². The molecule has 0 saturated heterocycles. The molecule has 2 aromatic carbocycles. The molecular formula is C22H17F3N4O. The van der Waals surface area contributed by atoms with Crippen molar-refractivity contribution in [3.8, 4) is 11.1 Å². The maximum absolute atomic E-state index is 12.8. The van der Waals surface area contributed by atoms with Crippen LogP contribution in [-0.4, -0.2) is 20.7 Å². The quantitative estimate of drug-likeness (QED) is 0.504. The molecule has 0 atom stereocenters. The number of benzene rings is 2. The number of anilines is 1. The molecule has 0 unspecified atom stereocenters. The monoisotopic (exact) mass is 410 g/mol. The van der Waals surface area contributed by atoms with Crippen molar-refractivity contribution in [1.29, 1.82) is 0 Å². The molecule has 152 valence electrons. The highest BCUT2D eigenvalue weighted by Gasteiger charge is 2.34. The Kier molecular flexibility index (Phi) is 4.77. The summed E-state index contributed by atoms with van der Waals surface area (Å²) < 4.78 is 39.4. The number of fused-ring (bicyclic) bond motifs is 1. The number of carbonyl (C=O) groups is 1. The lowest BCUT2D eigenvalue weighted by molar-refractivity contribution is -0.141. The van der Waals surface area contributed by atoms with Crippen LogP contribution in [-0.2, 0) is 13.2 Å². The van der Waals surface area contributed by atoms with Crippen LogP contribution >= 0.6 is 0 Å². The van der Waals surface area contributed by atoms with E-state index in [1.165, 1.54) is 7.05 Å². The summed E-state index contributed by atoms with van der Waals surface area (Å²) in [4.78, 5) is 17.0. The molecule has 1 N–H and O–H groups in total. The highest BCUT2D eigenvalue weighted by Crippen LogP contribution is 2.30. The van der Waals surface area contributed by atoms with Crippen molar-refractivity contribution < 1.29 is 18.0 Å². The summed E-state index contributed by atoms with van der Waals surface area (Å²) in [5.41, 5.74) is 3.00. The molecule has 1 amide bonds. The molecule has 4 aromatic rings. The number of pyridine rings is 1. The van der Waals surface area contributed by atoms with Gasteiger partial charge in [-0.15, -0.1) is 0 Å². The Morgan fingerprint density at radius 2 is 1.83 bits per heavy atom. The maximum atomic E-state index is 12.8. The average molecular weight is 410 g/mol. The molecule has 30 heavy (non-hydrogen) atoms. The van der Waals surface area contributed by atoms with Crippen LogP contribution in [0.4, 0.5) is 19.0 Å². The number of nitrogens with zero attached hydrogens (tertiary/aromatic N) is 3. The number of carbonyl (C=O) groups excluding carboxylic acids is 1. The van der Waals surface area contributed by atoms with Gasteiger partial charge in [0.1, 0.15) is 5.82 Å². The van der Waals surface area contributed by atoms with Crippen molar-refractivity contribution in [3.05, 3.63) is 77.6 Å². The Balaban J connectivity index is 1.61. The van der Waals surface area contributed by atoms with Gasteiger partial charge in [0.2, 0.25) is 0 Å². The van der Waals surface area contributed by atoms with Gasteiger partial charge in [-0.2, -0.15) is 18.3 Å². The third kappa shape index (κ3) is 3.76. The first kappa shape index (κ1) is 19.6. The molecule has 2 aromatic heterocycles. The van der Waals surface area contributed by atoms with E-state index in [4.69, 9.17) is 0 Å². The van der Waals surface area contributed by atoms with Crippen molar-refractivity contribution in [2.24, 2.45) is 7.05 Å². The zero-order valence-corrected chi connectivity index (χ0v) is 16.2. The normalized spacial score (nSPS) is 11.6. The number of hydrogen-bond donors (Lipinski definition) is 1. The Hall–Kier alpha value is -3.68. The zero-order valence-electron chi connectivity index (χ0n) is 16.2. The second-order valence-corrected chi connectivity index (χ2v) is 6.94. The molecule has 0 aliphatic carbocycles. The van der Waals surface area contributed by atoms with Crippen LogP contribution in [0.25, 0.3) is 22.0 Å². The van der Waals surface area contributed by atoms with E-state index in [9.17, 15) is 18.0 Å². The second kappa shape index (κ2) is 7.29. The van der Waals surface area contributed by atoms with Gasteiger partial charge in [0, 0.05) is 35.8 Å². The fourth-order valence-electron chi connectivity index (χ4n) is 3.22. The number of nitrogens with one attached hydrogen (secondary N) is 1. The van der Waals surface area contributed by atoms with Crippen LogP contribution < -0.4 is 5.32 Å². The molecule has 0 saturated carbocycles. The lowest BCUT2D eigenvalue weighted by atomic mass is 10.0. The molecule has 0 fully saturated rings. The van der Waals surface area contributed by atoms with Gasteiger partial charge in [0.05, 0.1) is 5.52 Å². The van der Waals surface area contributed by atoms with Gasteiger partial charge >= 0.3 is 6.18 Å². The third-order valence-electron chi connectivity index (χ3n) is 4.81. The van der Waals surface area contributed by atoms with Gasteiger partial charge in [-0.1, -0.05) is 30.3 Å². The molecule has 0 aliphatic rings. The van der Waals surface area contributed by atoms with E-state index in [2.05, 4.69) is 15.4 Å². The first-order valence-electron chi connectivity index (χ1n) is 9.11. The first-order valence-corrected chi connectivity index (χ1v) is 9.11. The molecule has 4 rings (SSSR count). The SMILES string of the molecule is Cc1ccccc1-c1cnc2cc(C(=O)Nc3cc(C(F)(F)F)nn3C)ccc2c1. The topological polar surface area (TPSA) is 59.8 Å². The largest absolute Gasteiger partial charge is 0.435 e. The predicted molar refractivity (Wildman–Crippen MR) is 108 cm³/mol.